The summed E-state index contributed by atoms with van der Waals surface area (Å²) in [5, 5.41) is 13.5. The molecular formula is C24H15BrClO3S-. The van der Waals surface area contributed by atoms with E-state index in [1.54, 1.807) is 12.1 Å². The van der Waals surface area contributed by atoms with Crippen LogP contribution in [-0.2, 0) is 6.61 Å². The molecule has 0 aliphatic rings. The Balaban J connectivity index is 1.74. The van der Waals surface area contributed by atoms with Crippen molar-refractivity contribution in [3.63, 3.8) is 0 Å². The van der Waals surface area contributed by atoms with Crippen LogP contribution in [0.1, 0.15) is 15.9 Å². The van der Waals surface area contributed by atoms with Gasteiger partial charge in [0.2, 0.25) is 0 Å². The molecule has 6 heteroatoms. The van der Waals surface area contributed by atoms with E-state index < -0.39 is 5.97 Å². The summed E-state index contributed by atoms with van der Waals surface area (Å²) in [6.45, 7) is 0.449. The van der Waals surface area contributed by atoms with Crippen molar-refractivity contribution < 1.29 is 14.6 Å². The first-order valence-electron chi connectivity index (χ1n) is 9.08. The Morgan fingerprint density at radius 1 is 1.00 bits per heavy atom. The number of aromatic carboxylic acids is 1. The molecule has 0 bridgehead atoms. The summed E-state index contributed by atoms with van der Waals surface area (Å²) in [4.78, 5) is 12.3. The van der Waals surface area contributed by atoms with Gasteiger partial charge in [-0.15, -0.1) is 11.3 Å². The zero-order valence-corrected chi connectivity index (χ0v) is 18.8. The topological polar surface area (TPSA) is 49.4 Å². The lowest BCUT2D eigenvalue weighted by Crippen LogP contribution is -2.22. The predicted octanol–water partition coefficient (Wildman–Crippen LogP) is 6.44. The number of carboxylic acid groups (broad SMARTS) is 1. The average molecular weight is 499 g/mol. The number of halogens is 2. The highest BCUT2D eigenvalue weighted by atomic mass is 79.9. The Hall–Kier alpha value is -2.60. The van der Waals surface area contributed by atoms with Crippen molar-refractivity contribution in [1.82, 2.24) is 0 Å². The van der Waals surface area contributed by atoms with E-state index >= 15 is 0 Å². The van der Waals surface area contributed by atoms with Crippen LogP contribution in [0.25, 0.3) is 21.6 Å². The molecule has 3 nitrogen and oxygen atoms in total. The molecule has 0 N–H and O–H groups in total. The zero-order valence-electron chi connectivity index (χ0n) is 15.6. The molecule has 0 fully saturated rings. The molecule has 1 heterocycles. The minimum Gasteiger partial charge on any atom is -0.545 e. The minimum absolute atomic E-state index is 0.0247. The summed E-state index contributed by atoms with van der Waals surface area (Å²) in [5.74, 6) is -0.551. The van der Waals surface area contributed by atoms with Crippen LogP contribution in [0.2, 0.25) is 5.02 Å². The van der Waals surface area contributed by atoms with Crippen LogP contribution >= 0.6 is 38.9 Å². The first kappa shape index (κ1) is 20.7. The van der Waals surface area contributed by atoms with Gasteiger partial charge in [-0.25, -0.2) is 0 Å². The summed E-state index contributed by atoms with van der Waals surface area (Å²) in [6, 6.07) is 22.8. The van der Waals surface area contributed by atoms with E-state index in [9.17, 15) is 9.90 Å². The lowest BCUT2D eigenvalue weighted by atomic mass is 10.0. The number of carboxylic acids is 1. The van der Waals surface area contributed by atoms with E-state index in [4.69, 9.17) is 16.3 Å². The van der Waals surface area contributed by atoms with Gasteiger partial charge < -0.3 is 14.6 Å². The lowest BCUT2D eigenvalue weighted by Gasteiger charge is -2.14. The highest BCUT2D eigenvalue weighted by Crippen LogP contribution is 2.42. The number of carbonyl (C=O) groups is 1. The number of hydrogen-bond donors (Lipinski definition) is 0. The quantitative estimate of drug-likeness (QED) is 0.307. The van der Waals surface area contributed by atoms with Gasteiger partial charge >= 0.3 is 0 Å². The Morgan fingerprint density at radius 2 is 1.80 bits per heavy atom. The second kappa shape index (κ2) is 9.04. The van der Waals surface area contributed by atoms with Gasteiger partial charge in [0.05, 0.1) is 5.97 Å². The maximum atomic E-state index is 11.4. The molecule has 4 aromatic rings. The molecule has 4 rings (SSSR count). The largest absolute Gasteiger partial charge is 0.545 e. The molecule has 0 saturated carbocycles. The van der Waals surface area contributed by atoms with Crippen LogP contribution in [0.3, 0.4) is 0 Å². The number of thiophene rings is 1. The average Bonchev–Trinajstić information content (AvgIpc) is 3.23. The smallest absolute Gasteiger partial charge is 0.127 e. The summed E-state index contributed by atoms with van der Waals surface area (Å²) >= 11 is 11.1. The van der Waals surface area contributed by atoms with E-state index in [1.807, 2.05) is 66.0 Å². The standard InChI is InChI=1S/C24H16BrClO3S/c25-17-7-9-22(29-14-15-4-2-1-3-5-15)19(13-17)18-10-11-30-23(18)16-6-8-21(26)20(12-16)24(27)28/h1-13H,14H2,(H,27,28)/p-1. The second-order valence-corrected chi connectivity index (χ2v) is 8.80. The van der Waals surface area contributed by atoms with Crippen molar-refractivity contribution in [3.8, 4) is 27.3 Å². The van der Waals surface area contributed by atoms with E-state index in [2.05, 4.69) is 15.9 Å². The summed E-state index contributed by atoms with van der Waals surface area (Å²) < 4.78 is 7.06. The number of ether oxygens (including phenoxy) is 1. The molecule has 150 valence electrons. The van der Waals surface area contributed by atoms with E-state index in [0.717, 1.165) is 37.4 Å². The van der Waals surface area contributed by atoms with Crippen molar-refractivity contribution in [2.45, 2.75) is 6.61 Å². The molecule has 0 aliphatic heterocycles. The minimum atomic E-state index is -1.30. The van der Waals surface area contributed by atoms with Gasteiger partial charge in [0.1, 0.15) is 12.4 Å². The number of hydrogen-bond acceptors (Lipinski definition) is 4. The van der Waals surface area contributed by atoms with Gasteiger partial charge in [-0.05, 0) is 52.9 Å². The monoisotopic (exact) mass is 497 g/mol. The molecule has 0 saturated heterocycles. The molecular weight excluding hydrogens is 484 g/mol. The Morgan fingerprint density at radius 3 is 2.57 bits per heavy atom. The highest BCUT2D eigenvalue weighted by molar-refractivity contribution is 9.10. The van der Waals surface area contributed by atoms with Crippen LogP contribution in [0.15, 0.2) is 82.6 Å². The summed E-state index contributed by atoms with van der Waals surface area (Å²) in [7, 11) is 0. The van der Waals surface area contributed by atoms with Gasteiger partial charge in [-0.3, -0.25) is 0 Å². The second-order valence-electron chi connectivity index (χ2n) is 6.56. The van der Waals surface area contributed by atoms with Crippen molar-refractivity contribution in [3.05, 3.63) is 98.8 Å². The van der Waals surface area contributed by atoms with Crippen molar-refractivity contribution >= 4 is 44.8 Å². The van der Waals surface area contributed by atoms with Gasteiger partial charge in [0.25, 0.3) is 0 Å². The van der Waals surface area contributed by atoms with Crippen LogP contribution in [-0.4, -0.2) is 5.97 Å². The van der Waals surface area contributed by atoms with Gasteiger partial charge in [0.15, 0.2) is 0 Å². The summed E-state index contributed by atoms with van der Waals surface area (Å²) in [5.41, 5.74) is 3.69. The molecule has 3 aromatic carbocycles. The number of benzene rings is 3. The third-order valence-corrected chi connectivity index (χ3v) is 6.37. The Kier molecular flexibility index (Phi) is 6.23. The molecule has 0 radical (unpaired) electrons. The van der Waals surface area contributed by atoms with Crippen molar-refractivity contribution in [2.75, 3.05) is 0 Å². The maximum Gasteiger partial charge on any atom is 0.127 e. The fourth-order valence-corrected chi connectivity index (χ4v) is 4.61. The normalized spacial score (nSPS) is 10.7. The van der Waals surface area contributed by atoms with E-state index in [-0.39, 0.29) is 10.6 Å². The number of carbonyl (C=O) groups excluding carboxylic acids is 1. The van der Waals surface area contributed by atoms with Crippen LogP contribution in [0.5, 0.6) is 5.75 Å². The van der Waals surface area contributed by atoms with Gasteiger partial charge in [0, 0.05) is 31.1 Å². The third-order valence-electron chi connectivity index (χ3n) is 4.58. The number of rotatable bonds is 6. The highest BCUT2D eigenvalue weighted by Gasteiger charge is 2.16. The maximum absolute atomic E-state index is 11.4. The zero-order chi connectivity index (χ0) is 21.1. The molecule has 0 aliphatic carbocycles. The molecule has 0 spiro atoms. The molecule has 0 amide bonds. The lowest BCUT2D eigenvalue weighted by molar-refractivity contribution is -0.255. The Labute approximate surface area is 191 Å². The first-order chi connectivity index (χ1) is 14.5. The van der Waals surface area contributed by atoms with Crippen LogP contribution in [0.4, 0.5) is 0 Å². The molecule has 1 aromatic heterocycles. The fourth-order valence-electron chi connectivity index (χ4n) is 3.14. The van der Waals surface area contributed by atoms with Gasteiger partial charge in [-0.1, -0.05) is 63.9 Å². The molecule has 30 heavy (non-hydrogen) atoms. The van der Waals surface area contributed by atoms with Crippen LogP contribution < -0.4 is 9.84 Å². The molecule has 0 unspecified atom stereocenters. The van der Waals surface area contributed by atoms with E-state index in [0.29, 0.717) is 6.61 Å². The first-order valence-corrected chi connectivity index (χ1v) is 11.1. The van der Waals surface area contributed by atoms with Gasteiger partial charge in [-0.2, -0.15) is 0 Å². The Bertz CT molecular complexity index is 1200. The summed E-state index contributed by atoms with van der Waals surface area (Å²) in [6.07, 6.45) is 0. The molecule has 0 atom stereocenters. The predicted molar refractivity (Wildman–Crippen MR) is 123 cm³/mol. The van der Waals surface area contributed by atoms with E-state index in [1.165, 1.54) is 11.3 Å². The van der Waals surface area contributed by atoms with Crippen molar-refractivity contribution in [1.29, 1.82) is 0 Å². The SMILES string of the molecule is O=C([O-])c1cc(-c2sccc2-c2cc(Br)ccc2OCc2ccccc2)ccc1Cl. The van der Waals surface area contributed by atoms with Crippen LogP contribution in [0, 0.1) is 0 Å². The third kappa shape index (κ3) is 4.43. The van der Waals surface area contributed by atoms with Crippen molar-refractivity contribution in [2.24, 2.45) is 0 Å². The fraction of sp³-hybridized carbons (Fsp3) is 0.0417.